The van der Waals surface area contributed by atoms with Crippen LogP contribution < -0.4 is 11.2 Å². The van der Waals surface area contributed by atoms with Gasteiger partial charge in [0.15, 0.2) is 0 Å². The molecule has 0 aliphatic heterocycles. The Labute approximate surface area is 84.8 Å². The summed E-state index contributed by atoms with van der Waals surface area (Å²) in [6, 6.07) is 4.83. The van der Waals surface area contributed by atoms with Gasteiger partial charge in [-0.25, -0.2) is 4.79 Å². The summed E-state index contributed by atoms with van der Waals surface area (Å²) in [5.41, 5.74) is -0.0822. The van der Waals surface area contributed by atoms with E-state index in [1.165, 1.54) is 17.5 Å². The smallest absolute Gasteiger partial charge is 0.269 e. The Morgan fingerprint density at radius 2 is 2.00 bits per heavy atom. The Morgan fingerprint density at radius 1 is 1.29 bits per heavy atom. The molecular weight excluding hydrogens is 200 g/mol. The molecule has 0 fully saturated rings. The summed E-state index contributed by atoms with van der Waals surface area (Å²) in [4.78, 5) is 23.5. The minimum atomic E-state index is -0.358. The van der Waals surface area contributed by atoms with Crippen LogP contribution in [0.25, 0.3) is 5.52 Å². The third-order valence-corrected chi connectivity index (χ3v) is 2.32. The Morgan fingerprint density at radius 3 is 2.71 bits per heavy atom. The largest absolute Gasteiger partial charge is 0.335 e. The maximum atomic E-state index is 11.6. The van der Waals surface area contributed by atoms with Crippen LogP contribution in [0.4, 0.5) is 0 Å². The summed E-state index contributed by atoms with van der Waals surface area (Å²) < 4.78 is 2.45. The monoisotopic (exact) mass is 208 g/mol. The molecule has 0 atom stereocenters. The number of hydrogen-bond donors (Lipinski definition) is 1. The van der Waals surface area contributed by atoms with Gasteiger partial charge in [-0.1, -0.05) is 0 Å². The molecule has 0 saturated heterocycles. The Balaban J connectivity index is 3.07. The van der Waals surface area contributed by atoms with Crippen molar-refractivity contribution in [3.05, 3.63) is 45.2 Å². The van der Waals surface area contributed by atoms with Gasteiger partial charge in [-0.05, 0) is 12.1 Å². The van der Waals surface area contributed by atoms with E-state index < -0.39 is 0 Å². The summed E-state index contributed by atoms with van der Waals surface area (Å²) in [7, 11) is 1.45. The van der Waals surface area contributed by atoms with Crippen molar-refractivity contribution in [2.75, 3.05) is 0 Å². The third kappa shape index (κ3) is 1.26. The Hall–Kier alpha value is -1.49. The maximum absolute atomic E-state index is 11.6. The Bertz CT molecular complexity index is 612. The van der Waals surface area contributed by atoms with Crippen molar-refractivity contribution in [3.8, 4) is 0 Å². The van der Waals surface area contributed by atoms with Crippen LogP contribution in [-0.4, -0.2) is 8.97 Å². The van der Waals surface area contributed by atoms with Gasteiger partial charge >= 0.3 is 5.69 Å². The second-order valence-corrected chi connectivity index (χ2v) is 3.52. The van der Waals surface area contributed by atoms with Gasteiger partial charge in [0.25, 0.3) is 5.56 Å². The van der Waals surface area contributed by atoms with E-state index in [1.54, 1.807) is 18.3 Å². The number of fused-ring (bicyclic) bond motifs is 1. The topological polar surface area (TPSA) is 43.5 Å². The summed E-state index contributed by atoms with van der Waals surface area (Å²) in [5.74, 6) is 0. The fourth-order valence-corrected chi connectivity index (χ4v) is 1.45. The highest BCUT2D eigenvalue weighted by molar-refractivity contribution is 7.80. The van der Waals surface area contributed by atoms with Crippen LogP contribution in [0.3, 0.4) is 0 Å². The zero-order chi connectivity index (χ0) is 10.3. The number of rotatable bonds is 0. The molecule has 0 radical (unpaired) electrons. The molecule has 5 heteroatoms. The number of hydrogen-bond acceptors (Lipinski definition) is 3. The van der Waals surface area contributed by atoms with E-state index in [2.05, 4.69) is 12.6 Å². The molecule has 2 rings (SSSR count). The molecule has 0 aliphatic carbocycles. The van der Waals surface area contributed by atoms with Gasteiger partial charge in [0.1, 0.15) is 0 Å². The van der Waals surface area contributed by atoms with Crippen molar-refractivity contribution in [3.63, 3.8) is 0 Å². The standard InChI is InChI=1S/C9H8N2O2S/c1-10-8(12)4-6-2-3-7(14)5-11(6)9(10)13/h2-5,14H,1H3. The Kier molecular flexibility index (Phi) is 1.96. The second-order valence-electron chi connectivity index (χ2n) is 3.01. The molecule has 14 heavy (non-hydrogen) atoms. The average molecular weight is 208 g/mol. The molecule has 0 N–H and O–H groups in total. The lowest BCUT2D eigenvalue weighted by Gasteiger charge is -2.02. The molecular formula is C9H8N2O2S. The van der Waals surface area contributed by atoms with Crippen molar-refractivity contribution in [2.24, 2.45) is 7.05 Å². The molecule has 2 heterocycles. The van der Waals surface area contributed by atoms with Gasteiger partial charge in [-0.2, -0.15) is 0 Å². The normalized spacial score (nSPS) is 10.7. The van der Waals surface area contributed by atoms with E-state index >= 15 is 0 Å². The molecule has 4 nitrogen and oxygen atoms in total. The molecule has 0 unspecified atom stereocenters. The first-order valence-corrected chi connectivity index (χ1v) is 4.46. The van der Waals surface area contributed by atoms with Crippen LogP contribution in [0.15, 0.2) is 38.9 Å². The number of aromatic nitrogens is 2. The molecule has 0 spiro atoms. The van der Waals surface area contributed by atoms with Crippen LogP contribution in [0.5, 0.6) is 0 Å². The third-order valence-electron chi connectivity index (χ3n) is 2.06. The molecule has 0 aromatic carbocycles. The fourth-order valence-electron chi connectivity index (χ4n) is 1.26. The summed E-state index contributed by atoms with van der Waals surface area (Å²) in [6.45, 7) is 0. The lowest BCUT2D eigenvalue weighted by Crippen LogP contribution is -2.34. The van der Waals surface area contributed by atoms with E-state index in [4.69, 9.17) is 0 Å². The highest BCUT2D eigenvalue weighted by atomic mass is 32.1. The molecule has 0 aliphatic rings. The first-order valence-electron chi connectivity index (χ1n) is 4.01. The van der Waals surface area contributed by atoms with Crippen LogP contribution in [0.1, 0.15) is 0 Å². The first kappa shape index (κ1) is 9.08. The minimum absolute atomic E-state index is 0.304. The van der Waals surface area contributed by atoms with Crippen molar-refractivity contribution in [2.45, 2.75) is 4.90 Å². The van der Waals surface area contributed by atoms with E-state index in [0.29, 0.717) is 10.4 Å². The number of nitrogens with zero attached hydrogens (tertiary/aromatic N) is 2. The molecule has 0 bridgehead atoms. The lowest BCUT2D eigenvalue weighted by atomic mass is 10.4. The van der Waals surface area contributed by atoms with Crippen LogP contribution in [-0.2, 0) is 7.05 Å². The van der Waals surface area contributed by atoms with Crippen LogP contribution >= 0.6 is 12.6 Å². The first-order chi connectivity index (χ1) is 6.59. The maximum Gasteiger partial charge on any atom is 0.335 e. The van der Waals surface area contributed by atoms with E-state index in [1.807, 2.05) is 0 Å². The predicted octanol–water partition coefficient (Wildman–Crippen LogP) is 0.287. The molecule has 2 aromatic heterocycles. The SMILES string of the molecule is Cn1c(=O)cc2ccc(S)cn2c1=O. The van der Waals surface area contributed by atoms with Gasteiger partial charge in [0, 0.05) is 24.2 Å². The van der Waals surface area contributed by atoms with Crippen molar-refractivity contribution in [1.82, 2.24) is 8.97 Å². The highest BCUT2D eigenvalue weighted by Gasteiger charge is 2.01. The lowest BCUT2D eigenvalue weighted by molar-refractivity contribution is 0.753. The summed E-state index contributed by atoms with van der Waals surface area (Å²) in [5, 5.41) is 0. The highest BCUT2D eigenvalue weighted by Crippen LogP contribution is 2.05. The molecule has 0 amide bonds. The van der Waals surface area contributed by atoms with Gasteiger partial charge in [0.05, 0.1) is 5.52 Å². The van der Waals surface area contributed by atoms with Gasteiger partial charge in [-0.15, -0.1) is 12.6 Å². The van der Waals surface area contributed by atoms with Crippen molar-refractivity contribution < 1.29 is 0 Å². The van der Waals surface area contributed by atoms with Crippen molar-refractivity contribution >= 4 is 18.1 Å². The second kappa shape index (κ2) is 3.02. The number of pyridine rings is 1. The fraction of sp³-hybridized carbons (Fsp3) is 0.111. The molecule has 2 aromatic rings. The van der Waals surface area contributed by atoms with Gasteiger partial charge in [0.2, 0.25) is 0 Å². The minimum Gasteiger partial charge on any atom is -0.269 e. The van der Waals surface area contributed by atoms with Gasteiger partial charge in [-0.3, -0.25) is 13.8 Å². The van der Waals surface area contributed by atoms with Crippen molar-refractivity contribution in [1.29, 1.82) is 0 Å². The van der Waals surface area contributed by atoms with E-state index in [-0.39, 0.29) is 11.2 Å². The number of thiol groups is 1. The van der Waals surface area contributed by atoms with Crippen LogP contribution in [0, 0.1) is 0 Å². The summed E-state index contributed by atoms with van der Waals surface area (Å²) >= 11 is 4.12. The molecule has 72 valence electrons. The molecule has 0 saturated carbocycles. The average Bonchev–Trinajstić information content (AvgIpc) is 2.16. The quantitative estimate of drug-likeness (QED) is 0.632. The van der Waals surface area contributed by atoms with Crippen LogP contribution in [0.2, 0.25) is 0 Å². The van der Waals surface area contributed by atoms with E-state index in [0.717, 1.165) is 4.57 Å². The van der Waals surface area contributed by atoms with Gasteiger partial charge < -0.3 is 0 Å². The zero-order valence-corrected chi connectivity index (χ0v) is 8.36. The predicted molar refractivity (Wildman–Crippen MR) is 56.2 cm³/mol. The zero-order valence-electron chi connectivity index (χ0n) is 7.47. The van der Waals surface area contributed by atoms with E-state index in [9.17, 15) is 9.59 Å². The summed E-state index contributed by atoms with van der Waals surface area (Å²) in [6.07, 6.45) is 1.58.